The molecule has 0 unspecified atom stereocenters. The molecule has 0 bridgehead atoms. The molecule has 0 radical (unpaired) electrons. The van der Waals surface area contributed by atoms with Gasteiger partial charge in [0.25, 0.3) is 0 Å². The zero-order valence-electron chi connectivity index (χ0n) is 7.82. The first-order chi connectivity index (χ1) is 6.65. The minimum atomic E-state index is -0.474. The highest BCUT2D eigenvalue weighted by atomic mass is 16.1. The van der Waals surface area contributed by atoms with Crippen LogP contribution in [0.4, 0.5) is 0 Å². The largest absolute Gasteiger partial charge is 0.366 e. The zero-order valence-corrected chi connectivity index (χ0v) is 7.82. The van der Waals surface area contributed by atoms with E-state index in [4.69, 9.17) is 11.0 Å². The summed E-state index contributed by atoms with van der Waals surface area (Å²) in [6.07, 6.45) is 1.61. The second kappa shape index (κ2) is 4.24. The van der Waals surface area contributed by atoms with Crippen LogP contribution in [0.3, 0.4) is 0 Å². The molecule has 1 rings (SSSR count). The molecule has 3 heteroatoms. The van der Waals surface area contributed by atoms with Crippen LogP contribution in [-0.2, 0) is 4.79 Å². The number of nitrogens with zero attached hydrogens (tertiary/aromatic N) is 1. The summed E-state index contributed by atoms with van der Waals surface area (Å²) in [4.78, 5) is 10.8. The molecule has 0 aliphatic heterocycles. The van der Waals surface area contributed by atoms with Gasteiger partial charge in [-0.15, -0.1) is 0 Å². The lowest BCUT2D eigenvalue weighted by Gasteiger charge is -1.98. The Balaban J connectivity index is 3.15. The molecule has 0 aliphatic rings. The highest BCUT2D eigenvalue weighted by Gasteiger charge is 2.00. The highest BCUT2D eigenvalue weighted by Crippen LogP contribution is 2.11. The molecule has 14 heavy (non-hydrogen) atoms. The van der Waals surface area contributed by atoms with Crippen molar-refractivity contribution >= 4 is 12.0 Å². The molecule has 0 heterocycles. The van der Waals surface area contributed by atoms with Crippen molar-refractivity contribution in [1.82, 2.24) is 0 Å². The number of amides is 1. The molecule has 2 N–H and O–H groups in total. The second-order valence-electron chi connectivity index (χ2n) is 2.89. The van der Waals surface area contributed by atoms with E-state index < -0.39 is 5.91 Å². The average Bonchev–Trinajstić information content (AvgIpc) is 2.18. The average molecular weight is 186 g/mol. The summed E-state index contributed by atoms with van der Waals surface area (Å²) in [7, 11) is 0. The molecule has 0 saturated carbocycles. The number of carbonyl (C=O) groups excluding carboxylic acids is 1. The predicted molar refractivity (Wildman–Crippen MR) is 54.0 cm³/mol. The lowest BCUT2D eigenvalue weighted by atomic mass is 10.1. The predicted octanol–water partition coefficient (Wildman–Crippen LogP) is 1.45. The summed E-state index contributed by atoms with van der Waals surface area (Å²) in [6.45, 7) is 1.62. The Hall–Kier alpha value is -2.08. The van der Waals surface area contributed by atoms with Crippen molar-refractivity contribution in [3.8, 4) is 6.07 Å². The minimum absolute atomic E-state index is 0.438. The summed E-state index contributed by atoms with van der Waals surface area (Å²) in [5, 5.41) is 8.77. The molecule has 70 valence electrons. The van der Waals surface area contributed by atoms with Crippen molar-refractivity contribution in [2.24, 2.45) is 5.73 Å². The first kappa shape index (κ1) is 10.0. The van der Waals surface area contributed by atoms with Gasteiger partial charge in [0.15, 0.2) is 0 Å². The first-order valence-electron chi connectivity index (χ1n) is 4.12. The monoisotopic (exact) mass is 186 g/mol. The van der Waals surface area contributed by atoms with Gasteiger partial charge in [-0.1, -0.05) is 18.2 Å². The quantitative estimate of drug-likeness (QED) is 0.710. The topological polar surface area (TPSA) is 66.9 Å². The number of hydrogen-bond donors (Lipinski definition) is 1. The van der Waals surface area contributed by atoms with Crippen LogP contribution >= 0.6 is 0 Å². The van der Waals surface area contributed by atoms with Crippen LogP contribution < -0.4 is 5.73 Å². The number of primary amides is 1. The van der Waals surface area contributed by atoms with Gasteiger partial charge < -0.3 is 5.73 Å². The number of hydrogen-bond acceptors (Lipinski definition) is 2. The summed E-state index contributed by atoms with van der Waals surface area (Å²) in [6, 6.07) is 9.09. The molecular weight excluding hydrogens is 176 g/mol. The summed E-state index contributed by atoms with van der Waals surface area (Å²) in [5.74, 6) is -0.474. The maximum Gasteiger partial charge on any atom is 0.244 e. The van der Waals surface area contributed by atoms with Crippen LogP contribution in [-0.4, -0.2) is 5.91 Å². The Morgan fingerprint density at radius 3 is 2.71 bits per heavy atom. The van der Waals surface area contributed by atoms with Gasteiger partial charge in [0.2, 0.25) is 5.91 Å². The third-order valence-corrected chi connectivity index (χ3v) is 1.84. The van der Waals surface area contributed by atoms with Gasteiger partial charge in [0, 0.05) is 5.57 Å². The van der Waals surface area contributed by atoms with Crippen molar-refractivity contribution in [2.45, 2.75) is 6.92 Å². The fourth-order valence-electron chi connectivity index (χ4n) is 1.03. The van der Waals surface area contributed by atoms with Gasteiger partial charge in [-0.2, -0.15) is 5.26 Å². The normalized spacial score (nSPS) is 10.7. The molecular formula is C11H10N2O. The third-order valence-electron chi connectivity index (χ3n) is 1.84. The Labute approximate surface area is 82.5 Å². The molecule has 1 amide bonds. The maximum atomic E-state index is 10.8. The summed E-state index contributed by atoms with van der Waals surface area (Å²) >= 11 is 0. The van der Waals surface area contributed by atoms with Crippen LogP contribution in [0, 0.1) is 11.3 Å². The van der Waals surface area contributed by atoms with E-state index in [1.165, 1.54) is 0 Å². The number of rotatable bonds is 2. The maximum absolute atomic E-state index is 10.8. The van der Waals surface area contributed by atoms with Gasteiger partial charge in [-0.05, 0) is 24.6 Å². The van der Waals surface area contributed by atoms with E-state index in [1.807, 2.05) is 6.07 Å². The fraction of sp³-hybridized carbons (Fsp3) is 0.0909. The van der Waals surface area contributed by atoms with E-state index in [0.29, 0.717) is 16.7 Å². The van der Waals surface area contributed by atoms with E-state index in [-0.39, 0.29) is 0 Å². The van der Waals surface area contributed by atoms with Crippen molar-refractivity contribution in [3.05, 3.63) is 41.0 Å². The van der Waals surface area contributed by atoms with Gasteiger partial charge in [-0.25, -0.2) is 0 Å². The number of nitrogens with two attached hydrogens (primary N) is 1. The zero-order chi connectivity index (χ0) is 10.6. The van der Waals surface area contributed by atoms with E-state index in [9.17, 15) is 4.79 Å². The second-order valence-corrected chi connectivity index (χ2v) is 2.89. The molecule has 3 nitrogen and oxygen atoms in total. The van der Waals surface area contributed by atoms with E-state index >= 15 is 0 Å². The summed E-state index contributed by atoms with van der Waals surface area (Å²) in [5.41, 5.74) is 6.77. The Morgan fingerprint density at radius 1 is 1.50 bits per heavy atom. The van der Waals surface area contributed by atoms with Gasteiger partial charge in [0.05, 0.1) is 11.6 Å². The fourth-order valence-corrected chi connectivity index (χ4v) is 1.03. The number of nitriles is 1. The number of benzene rings is 1. The van der Waals surface area contributed by atoms with E-state index in [2.05, 4.69) is 0 Å². The first-order valence-corrected chi connectivity index (χ1v) is 4.12. The smallest absolute Gasteiger partial charge is 0.244 e. The van der Waals surface area contributed by atoms with Crippen LogP contribution in [0.2, 0.25) is 0 Å². The minimum Gasteiger partial charge on any atom is -0.366 e. The molecule has 0 saturated heterocycles. The highest BCUT2D eigenvalue weighted by molar-refractivity contribution is 5.96. The Bertz CT molecular complexity index is 427. The van der Waals surface area contributed by atoms with E-state index in [1.54, 1.807) is 37.3 Å². The molecule has 0 aliphatic carbocycles. The molecule has 0 spiro atoms. The van der Waals surface area contributed by atoms with Crippen LogP contribution in [0.5, 0.6) is 0 Å². The van der Waals surface area contributed by atoms with Crippen molar-refractivity contribution < 1.29 is 4.79 Å². The van der Waals surface area contributed by atoms with Crippen LogP contribution in [0.25, 0.3) is 6.08 Å². The van der Waals surface area contributed by atoms with Gasteiger partial charge in [-0.3, -0.25) is 4.79 Å². The van der Waals surface area contributed by atoms with Gasteiger partial charge >= 0.3 is 0 Å². The molecule has 0 fully saturated rings. The Morgan fingerprint density at radius 2 is 2.14 bits per heavy atom. The molecule has 0 atom stereocenters. The molecule has 0 aromatic heterocycles. The van der Waals surface area contributed by atoms with Crippen LogP contribution in [0.1, 0.15) is 18.1 Å². The van der Waals surface area contributed by atoms with Crippen molar-refractivity contribution in [2.75, 3.05) is 0 Å². The Kier molecular flexibility index (Phi) is 3.03. The number of carbonyl (C=O) groups is 1. The lowest BCUT2D eigenvalue weighted by molar-refractivity contribution is -0.114. The van der Waals surface area contributed by atoms with Gasteiger partial charge in [0.1, 0.15) is 0 Å². The standard InChI is InChI=1S/C11H10N2O/c1-8(11(13)14)6-9-4-2-3-5-10(9)7-12/h2-6H,1H3,(H2,13,14). The molecule has 1 aromatic carbocycles. The van der Waals surface area contributed by atoms with Crippen molar-refractivity contribution in [3.63, 3.8) is 0 Å². The van der Waals surface area contributed by atoms with E-state index in [0.717, 1.165) is 0 Å². The SMILES string of the molecule is CC(=Cc1ccccc1C#N)C(N)=O. The van der Waals surface area contributed by atoms with Crippen molar-refractivity contribution in [1.29, 1.82) is 5.26 Å². The molecule has 1 aromatic rings. The lowest BCUT2D eigenvalue weighted by Crippen LogP contribution is -2.11. The third kappa shape index (κ3) is 2.20. The summed E-state index contributed by atoms with van der Waals surface area (Å²) < 4.78 is 0. The van der Waals surface area contributed by atoms with Crippen LogP contribution in [0.15, 0.2) is 29.8 Å².